The Labute approximate surface area is 102 Å². The number of nitrogens with zero attached hydrogens (tertiary/aromatic N) is 2. The summed E-state index contributed by atoms with van der Waals surface area (Å²) >= 11 is 5.67. The minimum atomic E-state index is -0.675. The average Bonchev–Trinajstić information content (AvgIpc) is 2.31. The van der Waals surface area contributed by atoms with Gasteiger partial charge in [-0.2, -0.15) is 0 Å². The highest BCUT2D eigenvalue weighted by atomic mass is 35.5. The third kappa shape index (κ3) is 3.32. The van der Waals surface area contributed by atoms with E-state index in [1.807, 2.05) is 0 Å². The monoisotopic (exact) mass is 259 g/mol. The molecule has 0 unspecified atom stereocenters. The number of nitrogens with two attached hydrogens (primary N) is 1. The minimum absolute atomic E-state index is 0.110. The molecule has 0 radical (unpaired) electrons. The van der Waals surface area contributed by atoms with Gasteiger partial charge in [-0.1, -0.05) is 16.8 Å². The summed E-state index contributed by atoms with van der Waals surface area (Å²) in [5, 5.41) is 11.3. The highest BCUT2D eigenvalue weighted by molar-refractivity contribution is 6.31. The molecular weight excluding hydrogens is 249 g/mol. The standard InChI is InChI=1S/C10H11ClFN3O2/c1-15(5-9(13)14-17)10(16)7-4-6(11)2-3-8(7)12/h2-4,17H,5H2,1H3,(H2,13,14). The molecule has 92 valence electrons. The van der Waals surface area contributed by atoms with Crippen molar-refractivity contribution in [2.75, 3.05) is 13.6 Å². The van der Waals surface area contributed by atoms with Crippen molar-refractivity contribution in [3.8, 4) is 0 Å². The highest BCUT2D eigenvalue weighted by Crippen LogP contribution is 2.16. The Balaban J connectivity index is 2.92. The SMILES string of the molecule is CN(C/C(N)=N/O)C(=O)c1cc(Cl)ccc1F. The van der Waals surface area contributed by atoms with E-state index < -0.39 is 11.7 Å². The quantitative estimate of drug-likeness (QED) is 0.372. The van der Waals surface area contributed by atoms with E-state index in [0.29, 0.717) is 0 Å². The molecule has 3 N–H and O–H groups in total. The van der Waals surface area contributed by atoms with Crippen molar-refractivity contribution in [2.45, 2.75) is 0 Å². The number of amidine groups is 1. The number of benzene rings is 1. The van der Waals surface area contributed by atoms with Crippen LogP contribution in [0.3, 0.4) is 0 Å². The van der Waals surface area contributed by atoms with Crippen molar-refractivity contribution < 1.29 is 14.4 Å². The first-order chi connectivity index (χ1) is 7.95. The van der Waals surface area contributed by atoms with Gasteiger partial charge in [0.2, 0.25) is 0 Å². The molecule has 0 atom stereocenters. The molecule has 0 aromatic heterocycles. The van der Waals surface area contributed by atoms with E-state index in [-0.39, 0.29) is 23.0 Å². The minimum Gasteiger partial charge on any atom is -0.409 e. The summed E-state index contributed by atoms with van der Waals surface area (Å²) in [6.07, 6.45) is 0. The van der Waals surface area contributed by atoms with Gasteiger partial charge in [0.1, 0.15) is 5.82 Å². The molecule has 17 heavy (non-hydrogen) atoms. The van der Waals surface area contributed by atoms with Crippen LogP contribution in [0.15, 0.2) is 23.4 Å². The van der Waals surface area contributed by atoms with Crippen LogP contribution in [0.2, 0.25) is 5.02 Å². The molecule has 0 heterocycles. The number of halogens is 2. The lowest BCUT2D eigenvalue weighted by Gasteiger charge is -2.16. The molecule has 0 saturated carbocycles. The molecule has 1 amide bonds. The van der Waals surface area contributed by atoms with Gasteiger partial charge in [-0.25, -0.2) is 4.39 Å². The maximum Gasteiger partial charge on any atom is 0.257 e. The summed E-state index contributed by atoms with van der Waals surface area (Å²) in [5.74, 6) is -1.43. The van der Waals surface area contributed by atoms with Crippen LogP contribution in [-0.4, -0.2) is 35.4 Å². The van der Waals surface area contributed by atoms with Gasteiger partial charge in [0.25, 0.3) is 5.91 Å². The molecule has 1 rings (SSSR count). The van der Waals surface area contributed by atoms with Gasteiger partial charge >= 0.3 is 0 Å². The first-order valence-electron chi connectivity index (χ1n) is 4.62. The first-order valence-corrected chi connectivity index (χ1v) is 5.00. The topological polar surface area (TPSA) is 78.9 Å². The van der Waals surface area contributed by atoms with E-state index in [2.05, 4.69) is 5.16 Å². The Morgan fingerprint density at radius 3 is 2.88 bits per heavy atom. The molecule has 1 aromatic rings. The maximum absolute atomic E-state index is 13.4. The van der Waals surface area contributed by atoms with E-state index in [0.717, 1.165) is 11.0 Å². The van der Waals surface area contributed by atoms with Crippen molar-refractivity contribution in [2.24, 2.45) is 10.9 Å². The fraction of sp³-hybridized carbons (Fsp3) is 0.200. The molecule has 0 aliphatic heterocycles. The predicted molar refractivity (Wildman–Crippen MR) is 61.8 cm³/mol. The van der Waals surface area contributed by atoms with Crippen LogP contribution >= 0.6 is 11.6 Å². The fourth-order valence-corrected chi connectivity index (χ4v) is 1.39. The summed E-state index contributed by atoms with van der Waals surface area (Å²) < 4.78 is 13.4. The van der Waals surface area contributed by atoms with E-state index in [1.165, 1.54) is 19.2 Å². The van der Waals surface area contributed by atoms with E-state index in [4.69, 9.17) is 22.5 Å². The number of carbonyl (C=O) groups is 1. The van der Waals surface area contributed by atoms with Crippen molar-refractivity contribution in [3.05, 3.63) is 34.6 Å². The fourth-order valence-electron chi connectivity index (χ4n) is 1.21. The Morgan fingerprint density at radius 1 is 1.65 bits per heavy atom. The lowest BCUT2D eigenvalue weighted by atomic mass is 10.2. The molecule has 0 bridgehead atoms. The molecule has 7 heteroatoms. The number of likely N-dealkylation sites (N-methyl/N-ethyl adjacent to an activating group) is 1. The first kappa shape index (κ1) is 13.2. The van der Waals surface area contributed by atoms with E-state index in [9.17, 15) is 9.18 Å². The largest absolute Gasteiger partial charge is 0.409 e. The second kappa shape index (κ2) is 5.49. The third-order valence-corrected chi connectivity index (χ3v) is 2.27. The van der Waals surface area contributed by atoms with Crippen LogP contribution in [0.4, 0.5) is 4.39 Å². The summed E-state index contributed by atoms with van der Waals surface area (Å²) in [6.45, 7) is -0.110. The molecule has 5 nitrogen and oxygen atoms in total. The van der Waals surface area contributed by atoms with Crippen molar-refractivity contribution in [3.63, 3.8) is 0 Å². The number of hydrogen-bond acceptors (Lipinski definition) is 3. The van der Waals surface area contributed by atoms with Gasteiger partial charge in [-0.15, -0.1) is 0 Å². The molecular formula is C10H11ClFN3O2. The predicted octanol–water partition coefficient (Wildman–Crippen LogP) is 1.30. The highest BCUT2D eigenvalue weighted by Gasteiger charge is 2.17. The van der Waals surface area contributed by atoms with Gasteiger partial charge in [0.05, 0.1) is 12.1 Å². The summed E-state index contributed by atoms with van der Waals surface area (Å²) in [7, 11) is 1.40. The van der Waals surface area contributed by atoms with Gasteiger partial charge in [-0.05, 0) is 18.2 Å². The molecule has 0 fully saturated rings. The normalized spacial score (nSPS) is 11.4. The van der Waals surface area contributed by atoms with Crippen molar-refractivity contribution >= 4 is 23.3 Å². The van der Waals surface area contributed by atoms with Crippen LogP contribution < -0.4 is 5.73 Å². The number of amides is 1. The molecule has 0 aliphatic carbocycles. The Bertz CT molecular complexity index is 465. The zero-order valence-electron chi connectivity index (χ0n) is 9.02. The maximum atomic E-state index is 13.4. The second-order valence-corrected chi connectivity index (χ2v) is 3.81. The van der Waals surface area contributed by atoms with Gasteiger partial charge in [0.15, 0.2) is 5.84 Å². The number of carbonyl (C=O) groups excluding carboxylic acids is 1. The smallest absolute Gasteiger partial charge is 0.257 e. The van der Waals surface area contributed by atoms with Crippen LogP contribution in [0, 0.1) is 5.82 Å². The summed E-state index contributed by atoms with van der Waals surface area (Å²) in [6, 6.07) is 3.67. The molecule has 0 saturated heterocycles. The Kier molecular flexibility index (Phi) is 4.28. The van der Waals surface area contributed by atoms with Crippen molar-refractivity contribution in [1.82, 2.24) is 4.90 Å². The molecule has 1 aromatic carbocycles. The zero-order valence-corrected chi connectivity index (χ0v) is 9.78. The average molecular weight is 260 g/mol. The number of hydrogen-bond donors (Lipinski definition) is 2. The lowest BCUT2D eigenvalue weighted by Crippen LogP contribution is -2.35. The van der Waals surface area contributed by atoms with E-state index >= 15 is 0 Å². The summed E-state index contributed by atoms with van der Waals surface area (Å²) in [4.78, 5) is 12.9. The van der Waals surface area contributed by atoms with Crippen LogP contribution in [0.1, 0.15) is 10.4 Å². The Morgan fingerprint density at radius 2 is 2.29 bits per heavy atom. The van der Waals surface area contributed by atoms with Gasteiger partial charge < -0.3 is 15.8 Å². The molecule has 0 aliphatic rings. The number of rotatable bonds is 3. The third-order valence-electron chi connectivity index (χ3n) is 2.03. The second-order valence-electron chi connectivity index (χ2n) is 3.38. The molecule has 0 spiro atoms. The Hall–Kier alpha value is -1.82. The number of oxime groups is 1. The van der Waals surface area contributed by atoms with Crippen LogP contribution in [0.5, 0.6) is 0 Å². The zero-order chi connectivity index (χ0) is 13.0. The van der Waals surface area contributed by atoms with Crippen molar-refractivity contribution in [1.29, 1.82) is 0 Å². The van der Waals surface area contributed by atoms with Crippen LogP contribution in [0.25, 0.3) is 0 Å². The van der Waals surface area contributed by atoms with Crippen LogP contribution in [-0.2, 0) is 0 Å². The van der Waals surface area contributed by atoms with Gasteiger partial charge in [-0.3, -0.25) is 4.79 Å². The van der Waals surface area contributed by atoms with Gasteiger partial charge in [0, 0.05) is 12.1 Å². The van der Waals surface area contributed by atoms with E-state index in [1.54, 1.807) is 0 Å². The lowest BCUT2D eigenvalue weighted by molar-refractivity contribution is 0.0809. The summed E-state index contributed by atoms with van der Waals surface area (Å²) in [5.41, 5.74) is 5.08.